The minimum absolute atomic E-state index is 0.567. The largest absolute Gasteiger partial charge is 0.329 e. The zero-order valence-electron chi connectivity index (χ0n) is 11.1. The third kappa shape index (κ3) is 2.25. The van der Waals surface area contributed by atoms with Crippen LogP contribution in [0.25, 0.3) is 0 Å². The molecule has 4 unspecified atom stereocenters. The van der Waals surface area contributed by atoms with E-state index >= 15 is 0 Å². The van der Waals surface area contributed by atoms with E-state index in [9.17, 15) is 0 Å². The first-order chi connectivity index (χ1) is 8.28. The molecule has 2 bridgehead atoms. The van der Waals surface area contributed by atoms with Gasteiger partial charge in [-0.15, -0.1) is 0 Å². The summed E-state index contributed by atoms with van der Waals surface area (Å²) in [4.78, 5) is 5.34. The van der Waals surface area contributed by atoms with Crippen LogP contribution in [0.1, 0.15) is 32.6 Å². The quantitative estimate of drug-likeness (QED) is 0.799. The number of hydrogen-bond acceptors (Lipinski definition) is 3. The van der Waals surface area contributed by atoms with Crippen LogP contribution in [0.5, 0.6) is 0 Å². The van der Waals surface area contributed by atoms with E-state index in [0.29, 0.717) is 6.04 Å². The van der Waals surface area contributed by atoms with Gasteiger partial charge in [0.2, 0.25) is 0 Å². The summed E-state index contributed by atoms with van der Waals surface area (Å²) >= 11 is 0. The fraction of sp³-hybridized carbons (Fsp3) is 1.00. The molecule has 3 rings (SSSR count). The zero-order valence-corrected chi connectivity index (χ0v) is 11.1. The average Bonchev–Trinajstić information content (AvgIpc) is 3.00. The predicted molar refractivity (Wildman–Crippen MR) is 70.9 cm³/mol. The topological polar surface area (TPSA) is 32.5 Å². The number of fused-ring (bicyclic) bond motifs is 2. The minimum Gasteiger partial charge on any atom is -0.329 e. The van der Waals surface area contributed by atoms with Gasteiger partial charge in [0.05, 0.1) is 0 Å². The smallest absolute Gasteiger partial charge is 0.0191 e. The maximum Gasteiger partial charge on any atom is 0.0191 e. The number of rotatable bonds is 3. The standard InChI is InChI=1S/C14H27N3/c1-11(10-15)16-4-6-17(7-5-16)14-9-12-2-3-13(14)8-12/h11-14H,2-10,15H2,1H3. The van der Waals surface area contributed by atoms with Crippen LogP contribution in [0.3, 0.4) is 0 Å². The maximum absolute atomic E-state index is 5.75. The van der Waals surface area contributed by atoms with E-state index in [0.717, 1.165) is 24.4 Å². The van der Waals surface area contributed by atoms with Crippen molar-refractivity contribution in [1.82, 2.24) is 9.80 Å². The van der Waals surface area contributed by atoms with Gasteiger partial charge in [-0.2, -0.15) is 0 Å². The Morgan fingerprint density at radius 3 is 2.41 bits per heavy atom. The van der Waals surface area contributed by atoms with E-state index in [4.69, 9.17) is 5.73 Å². The van der Waals surface area contributed by atoms with Gasteiger partial charge in [-0.3, -0.25) is 9.80 Å². The van der Waals surface area contributed by atoms with Crippen LogP contribution in [0, 0.1) is 11.8 Å². The molecule has 2 aliphatic carbocycles. The van der Waals surface area contributed by atoms with Gasteiger partial charge in [0.25, 0.3) is 0 Å². The van der Waals surface area contributed by atoms with Crippen molar-refractivity contribution >= 4 is 0 Å². The van der Waals surface area contributed by atoms with Crippen LogP contribution < -0.4 is 5.73 Å². The van der Waals surface area contributed by atoms with Crippen LogP contribution >= 0.6 is 0 Å². The number of nitrogens with zero attached hydrogens (tertiary/aromatic N) is 2. The molecular formula is C14H27N3. The monoisotopic (exact) mass is 237 g/mol. The van der Waals surface area contributed by atoms with Gasteiger partial charge in [0.15, 0.2) is 0 Å². The fourth-order valence-corrected chi connectivity index (χ4v) is 4.32. The van der Waals surface area contributed by atoms with E-state index < -0.39 is 0 Å². The molecule has 0 aromatic rings. The van der Waals surface area contributed by atoms with Crippen molar-refractivity contribution in [1.29, 1.82) is 0 Å². The summed E-state index contributed by atoms with van der Waals surface area (Å²) in [6.45, 7) is 8.07. The molecule has 3 heteroatoms. The molecular weight excluding hydrogens is 210 g/mol. The first kappa shape index (κ1) is 11.9. The second-order valence-corrected chi connectivity index (χ2v) is 6.40. The highest BCUT2D eigenvalue weighted by Crippen LogP contribution is 2.46. The third-order valence-electron chi connectivity index (χ3n) is 5.48. The summed E-state index contributed by atoms with van der Waals surface area (Å²) in [5.41, 5.74) is 5.75. The summed E-state index contributed by atoms with van der Waals surface area (Å²) in [6.07, 6.45) is 6.06. The minimum atomic E-state index is 0.567. The molecule has 2 saturated carbocycles. The van der Waals surface area contributed by atoms with Gasteiger partial charge in [0.1, 0.15) is 0 Å². The Hall–Kier alpha value is -0.120. The Bertz CT molecular complexity index is 260. The molecule has 0 aromatic heterocycles. The van der Waals surface area contributed by atoms with Crippen molar-refractivity contribution in [3.63, 3.8) is 0 Å². The Balaban J connectivity index is 1.52. The van der Waals surface area contributed by atoms with E-state index in [1.807, 2.05) is 0 Å². The molecule has 0 spiro atoms. The van der Waals surface area contributed by atoms with Gasteiger partial charge in [-0.1, -0.05) is 6.42 Å². The third-order valence-corrected chi connectivity index (χ3v) is 5.48. The Kier molecular flexibility index (Phi) is 3.42. The summed E-state index contributed by atoms with van der Waals surface area (Å²) < 4.78 is 0. The lowest BCUT2D eigenvalue weighted by atomic mass is 9.93. The molecule has 3 nitrogen and oxygen atoms in total. The molecule has 0 aromatic carbocycles. The van der Waals surface area contributed by atoms with E-state index in [1.54, 1.807) is 0 Å². The maximum atomic E-state index is 5.75. The molecule has 4 atom stereocenters. The van der Waals surface area contributed by atoms with Crippen molar-refractivity contribution in [3.8, 4) is 0 Å². The van der Waals surface area contributed by atoms with E-state index in [2.05, 4.69) is 16.7 Å². The Labute approximate surface area is 105 Å². The van der Waals surface area contributed by atoms with Crippen molar-refractivity contribution in [2.24, 2.45) is 17.6 Å². The fourth-order valence-electron chi connectivity index (χ4n) is 4.32. The van der Waals surface area contributed by atoms with Crippen molar-refractivity contribution in [2.45, 2.75) is 44.7 Å². The van der Waals surface area contributed by atoms with Gasteiger partial charge in [-0.25, -0.2) is 0 Å². The van der Waals surface area contributed by atoms with E-state index in [1.165, 1.54) is 51.9 Å². The lowest BCUT2D eigenvalue weighted by Gasteiger charge is -2.42. The molecule has 3 fully saturated rings. The van der Waals surface area contributed by atoms with Crippen molar-refractivity contribution in [2.75, 3.05) is 32.7 Å². The first-order valence-corrected chi connectivity index (χ1v) is 7.46. The van der Waals surface area contributed by atoms with Crippen molar-refractivity contribution < 1.29 is 0 Å². The first-order valence-electron chi connectivity index (χ1n) is 7.46. The Morgan fingerprint density at radius 2 is 1.88 bits per heavy atom. The average molecular weight is 237 g/mol. The second kappa shape index (κ2) is 4.87. The van der Waals surface area contributed by atoms with Crippen LogP contribution in [-0.2, 0) is 0 Å². The van der Waals surface area contributed by atoms with Gasteiger partial charge in [0, 0.05) is 44.8 Å². The molecule has 1 saturated heterocycles. The highest BCUT2D eigenvalue weighted by molar-refractivity contribution is 4.96. The number of piperazine rings is 1. The Morgan fingerprint density at radius 1 is 1.12 bits per heavy atom. The van der Waals surface area contributed by atoms with Crippen LogP contribution in [-0.4, -0.2) is 54.6 Å². The van der Waals surface area contributed by atoms with Gasteiger partial charge >= 0.3 is 0 Å². The van der Waals surface area contributed by atoms with Crippen LogP contribution in [0.4, 0.5) is 0 Å². The summed E-state index contributed by atoms with van der Waals surface area (Å²) in [5, 5.41) is 0. The molecule has 3 aliphatic rings. The van der Waals surface area contributed by atoms with E-state index in [-0.39, 0.29) is 0 Å². The highest BCUT2D eigenvalue weighted by Gasteiger charge is 2.42. The summed E-state index contributed by atoms with van der Waals surface area (Å²) in [6, 6.07) is 1.50. The highest BCUT2D eigenvalue weighted by atomic mass is 15.3. The second-order valence-electron chi connectivity index (χ2n) is 6.40. The lowest BCUT2D eigenvalue weighted by molar-refractivity contribution is 0.0558. The van der Waals surface area contributed by atoms with Gasteiger partial charge < -0.3 is 5.73 Å². The molecule has 17 heavy (non-hydrogen) atoms. The summed E-state index contributed by atoms with van der Waals surface area (Å²) in [5.74, 6) is 2.12. The molecule has 0 amide bonds. The van der Waals surface area contributed by atoms with Crippen LogP contribution in [0.2, 0.25) is 0 Å². The molecule has 1 heterocycles. The molecule has 98 valence electrons. The molecule has 2 N–H and O–H groups in total. The molecule has 0 radical (unpaired) electrons. The SMILES string of the molecule is CC(CN)N1CCN(C2CC3CCC2C3)CC1. The zero-order chi connectivity index (χ0) is 11.8. The van der Waals surface area contributed by atoms with Crippen LogP contribution in [0.15, 0.2) is 0 Å². The lowest BCUT2D eigenvalue weighted by Crippen LogP contribution is -2.54. The number of nitrogens with two attached hydrogens (primary N) is 1. The number of hydrogen-bond donors (Lipinski definition) is 1. The predicted octanol–water partition coefficient (Wildman–Crippen LogP) is 1.14. The summed E-state index contributed by atoms with van der Waals surface area (Å²) in [7, 11) is 0. The van der Waals surface area contributed by atoms with Crippen molar-refractivity contribution in [3.05, 3.63) is 0 Å². The normalized spacial score (nSPS) is 40.9. The molecule has 1 aliphatic heterocycles. The van der Waals surface area contributed by atoms with Gasteiger partial charge in [-0.05, 0) is 38.0 Å².